The molecule has 0 spiro atoms. The minimum absolute atomic E-state index is 0.0315. The number of pyridine rings is 1. The van der Waals surface area contributed by atoms with Crippen LogP contribution in [0.25, 0.3) is 21.8 Å². The predicted octanol–water partition coefficient (Wildman–Crippen LogP) is 3.73. The van der Waals surface area contributed by atoms with E-state index in [1.54, 1.807) is 6.20 Å². The van der Waals surface area contributed by atoms with Gasteiger partial charge in [-0.2, -0.15) is 5.26 Å². The van der Waals surface area contributed by atoms with E-state index in [9.17, 15) is 0 Å². The van der Waals surface area contributed by atoms with Crippen molar-refractivity contribution in [2.24, 2.45) is 0 Å². The minimum Gasteiger partial charge on any atom is -0.354 e. The first-order valence-corrected chi connectivity index (χ1v) is 6.08. The van der Waals surface area contributed by atoms with E-state index in [0.29, 0.717) is 0 Å². The first kappa shape index (κ1) is 10.8. The van der Waals surface area contributed by atoms with E-state index in [2.05, 4.69) is 22.1 Å². The van der Waals surface area contributed by atoms with Gasteiger partial charge in [0.1, 0.15) is 0 Å². The Morgan fingerprint density at radius 3 is 2.89 bits per heavy atom. The zero-order chi connectivity index (χ0) is 12.5. The Hall–Kier alpha value is -2.34. The fourth-order valence-corrected chi connectivity index (χ4v) is 2.38. The first-order valence-electron chi connectivity index (χ1n) is 6.08. The van der Waals surface area contributed by atoms with E-state index in [1.807, 2.05) is 31.3 Å². The Morgan fingerprint density at radius 1 is 1.28 bits per heavy atom. The highest BCUT2D eigenvalue weighted by Crippen LogP contribution is 2.28. The Morgan fingerprint density at radius 2 is 2.11 bits per heavy atom. The van der Waals surface area contributed by atoms with E-state index in [-0.39, 0.29) is 5.92 Å². The summed E-state index contributed by atoms with van der Waals surface area (Å²) in [4.78, 5) is 7.52. The number of nitriles is 1. The van der Waals surface area contributed by atoms with Crippen LogP contribution in [0.5, 0.6) is 0 Å². The van der Waals surface area contributed by atoms with Crippen molar-refractivity contribution in [2.75, 3.05) is 0 Å². The van der Waals surface area contributed by atoms with Crippen LogP contribution in [0, 0.1) is 11.3 Å². The lowest BCUT2D eigenvalue weighted by Gasteiger charge is -2.05. The fourth-order valence-electron chi connectivity index (χ4n) is 2.38. The van der Waals surface area contributed by atoms with Crippen LogP contribution in [0.2, 0.25) is 0 Å². The molecule has 1 aromatic carbocycles. The van der Waals surface area contributed by atoms with Crippen molar-refractivity contribution in [1.82, 2.24) is 9.97 Å². The molecule has 3 heteroatoms. The third kappa shape index (κ3) is 1.54. The van der Waals surface area contributed by atoms with E-state index >= 15 is 0 Å². The molecule has 0 aliphatic heterocycles. The molecule has 3 rings (SSSR count). The molecule has 3 nitrogen and oxygen atoms in total. The summed E-state index contributed by atoms with van der Waals surface area (Å²) in [5.74, 6) is -0.0315. The number of H-pyrrole nitrogens is 1. The van der Waals surface area contributed by atoms with Crippen molar-refractivity contribution in [3.63, 3.8) is 0 Å². The van der Waals surface area contributed by atoms with Crippen molar-refractivity contribution in [1.29, 1.82) is 5.26 Å². The lowest BCUT2D eigenvalue weighted by Crippen LogP contribution is -1.92. The molecule has 0 radical (unpaired) electrons. The average molecular weight is 235 g/mol. The Bertz CT molecular complexity index is 749. The second-order valence-electron chi connectivity index (χ2n) is 4.44. The van der Waals surface area contributed by atoms with Crippen LogP contribution in [0.1, 0.15) is 24.8 Å². The summed E-state index contributed by atoms with van der Waals surface area (Å²) in [7, 11) is 0. The van der Waals surface area contributed by atoms with Crippen molar-refractivity contribution in [2.45, 2.75) is 19.3 Å². The quantitative estimate of drug-likeness (QED) is 0.735. The molecule has 1 unspecified atom stereocenters. The molecule has 3 aromatic rings. The molecular formula is C15H13N3. The summed E-state index contributed by atoms with van der Waals surface area (Å²) >= 11 is 0. The molecular weight excluding hydrogens is 222 g/mol. The van der Waals surface area contributed by atoms with Crippen LogP contribution in [-0.2, 0) is 0 Å². The highest BCUT2D eigenvalue weighted by Gasteiger charge is 2.10. The summed E-state index contributed by atoms with van der Waals surface area (Å²) in [5.41, 5.74) is 3.26. The van der Waals surface area contributed by atoms with Gasteiger partial charge in [0, 0.05) is 34.2 Å². The van der Waals surface area contributed by atoms with E-state index in [4.69, 9.17) is 5.26 Å². The third-order valence-electron chi connectivity index (χ3n) is 3.39. The molecule has 2 aromatic heterocycles. The van der Waals surface area contributed by atoms with Crippen LogP contribution in [-0.4, -0.2) is 9.97 Å². The molecule has 88 valence electrons. The van der Waals surface area contributed by atoms with Gasteiger partial charge in [-0.3, -0.25) is 4.98 Å². The van der Waals surface area contributed by atoms with Gasteiger partial charge in [0.15, 0.2) is 0 Å². The SMILES string of the molecule is CCC(C#N)c1ccc2[nH]c3ccncc3c2c1. The molecule has 0 fully saturated rings. The smallest absolute Gasteiger partial charge is 0.0710 e. The van der Waals surface area contributed by atoms with Crippen molar-refractivity contribution in [3.8, 4) is 6.07 Å². The number of nitrogens with one attached hydrogen (secondary N) is 1. The largest absolute Gasteiger partial charge is 0.354 e. The molecule has 0 saturated carbocycles. The molecule has 2 heterocycles. The summed E-state index contributed by atoms with van der Waals surface area (Å²) in [6, 6.07) is 10.5. The summed E-state index contributed by atoms with van der Waals surface area (Å²) < 4.78 is 0. The molecule has 1 N–H and O–H groups in total. The molecule has 0 saturated heterocycles. The van der Waals surface area contributed by atoms with Crippen LogP contribution in [0.4, 0.5) is 0 Å². The fraction of sp³-hybridized carbons (Fsp3) is 0.200. The maximum absolute atomic E-state index is 9.15. The van der Waals surface area contributed by atoms with Gasteiger partial charge in [-0.1, -0.05) is 13.0 Å². The van der Waals surface area contributed by atoms with E-state index < -0.39 is 0 Å². The molecule has 0 aliphatic carbocycles. The predicted molar refractivity (Wildman–Crippen MR) is 72.2 cm³/mol. The maximum atomic E-state index is 9.15. The van der Waals surface area contributed by atoms with Crippen LogP contribution >= 0.6 is 0 Å². The Balaban J connectivity index is 2.28. The van der Waals surface area contributed by atoms with Crippen molar-refractivity contribution in [3.05, 3.63) is 42.2 Å². The van der Waals surface area contributed by atoms with Crippen molar-refractivity contribution >= 4 is 21.8 Å². The number of hydrogen-bond donors (Lipinski definition) is 1. The summed E-state index contributed by atoms with van der Waals surface area (Å²) in [6.07, 6.45) is 4.48. The monoisotopic (exact) mass is 235 g/mol. The molecule has 0 amide bonds. The Kier molecular flexibility index (Phi) is 2.49. The van der Waals surface area contributed by atoms with E-state index in [1.165, 1.54) is 0 Å². The van der Waals surface area contributed by atoms with Gasteiger partial charge in [-0.15, -0.1) is 0 Å². The zero-order valence-corrected chi connectivity index (χ0v) is 10.1. The number of benzene rings is 1. The van der Waals surface area contributed by atoms with Crippen LogP contribution in [0.3, 0.4) is 0 Å². The number of fused-ring (bicyclic) bond motifs is 3. The number of nitrogens with zero attached hydrogens (tertiary/aromatic N) is 2. The molecule has 0 bridgehead atoms. The highest BCUT2D eigenvalue weighted by atomic mass is 14.7. The van der Waals surface area contributed by atoms with Crippen molar-refractivity contribution < 1.29 is 0 Å². The standard InChI is InChI=1S/C15H13N3/c1-2-10(8-16)11-3-4-14-12(7-11)13-9-17-6-5-15(13)18-14/h3-7,9-10,18H,2H2,1H3. The van der Waals surface area contributed by atoms with Gasteiger partial charge < -0.3 is 4.98 Å². The zero-order valence-electron chi connectivity index (χ0n) is 10.1. The second-order valence-corrected chi connectivity index (χ2v) is 4.44. The average Bonchev–Trinajstić information content (AvgIpc) is 2.78. The summed E-state index contributed by atoms with van der Waals surface area (Å²) in [6.45, 7) is 2.04. The third-order valence-corrected chi connectivity index (χ3v) is 3.39. The molecule has 0 aliphatic rings. The molecule has 18 heavy (non-hydrogen) atoms. The molecule has 1 atom stereocenters. The lowest BCUT2D eigenvalue weighted by molar-refractivity contribution is 0.820. The summed E-state index contributed by atoms with van der Waals surface area (Å²) in [5, 5.41) is 11.4. The Labute approximate surface area is 105 Å². The number of aromatic amines is 1. The van der Waals surface area contributed by atoms with Gasteiger partial charge in [0.05, 0.1) is 12.0 Å². The number of aromatic nitrogens is 2. The van der Waals surface area contributed by atoms with Gasteiger partial charge in [0.2, 0.25) is 0 Å². The van der Waals surface area contributed by atoms with Crippen LogP contribution in [0.15, 0.2) is 36.7 Å². The minimum atomic E-state index is -0.0315. The van der Waals surface area contributed by atoms with Gasteiger partial charge in [0.25, 0.3) is 0 Å². The van der Waals surface area contributed by atoms with Gasteiger partial charge in [-0.05, 0) is 30.2 Å². The van der Waals surface area contributed by atoms with Crippen LogP contribution < -0.4 is 0 Å². The normalized spacial score (nSPS) is 12.7. The first-order chi connectivity index (χ1) is 8.83. The number of hydrogen-bond acceptors (Lipinski definition) is 2. The van der Waals surface area contributed by atoms with Gasteiger partial charge in [-0.25, -0.2) is 0 Å². The topological polar surface area (TPSA) is 52.5 Å². The highest BCUT2D eigenvalue weighted by molar-refractivity contribution is 6.06. The van der Waals surface area contributed by atoms with E-state index in [0.717, 1.165) is 33.8 Å². The maximum Gasteiger partial charge on any atom is 0.0710 e. The number of rotatable bonds is 2. The lowest BCUT2D eigenvalue weighted by atomic mass is 9.96. The second kappa shape index (κ2) is 4.15. The van der Waals surface area contributed by atoms with Gasteiger partial charge >= 0.3 is 0 Å².